The van der Waals surface area contributed by atoms with E-state index in [1.165, 1.54) is 6.92 Å². The normalized spacial score (nSPS) is 20.4. The summed E-state index contributed by atoms with van der Waals surface area (Å²) in [4.78, 5) is 37.7. The highest BCUT2D eigenvalue weighted by Crippen LogP contribution is 2.28. The number of carbonyl (C=O) groups excluding carboxylic acids is 3. The number of nitrogens with one attached hydrogen (secondary N) is 1. The number of rotatable bonds is 6. The summed E-state index contributed by atoms with van der Waals surface area (Å²) in [5.74, 6) is -1.84. The zero-order chi connectivity index (χ0) is 24.3. The van der Waals surface area contributed by atoms with Gasteiger partial charge in [0.1, 0.15) is 5.71 Å². The van der Waals surface area contributed by atoms with Crippen molar-refractivity contribution in [1.29, 1.82) is 0 Å². The summed E-state index contributed by atoms with van der Waals surface area (Å²) in [7, 11) is -3.22. The highest BCUT2D eigenvalue weighted by Gasteiger charge is 2.38. The summed E-state index contributed by atoms with van der Waals surface area (Å²) in [6.45, 7) is 1.45. The van der Waals surface area contributed by atoms with Gasteiger partial charge in [-0.15, -0.1) is 0 Å². The Morgan fingerprint density at radius 1 is 1.09 bits per heavy atom. The maximum Gasteiger partial charge on any atom is 0.355 e. The number of hydrogen-bond donors (Lipinski definition) is 1. The molecule has 4 rings (SSSR count). The molecule has 2 aromatic carbocycles. The molecule has 0 bridgehead atoms. The first-order chi connectivity index (χ1) is 16.2. The number of hydrogen-bond acceptors (Lipinski definition) is 7. The Labute approximate surface area is 197 Å². The lowest BCUT2D eigenvalue weighted by Gasteiger charge is -2.27. The van der Waals surface area contributed by atoms with Crippen molar-refractivity contribution in [3.05, 3.63) is 54.6 Å². The summed E-state index contributed by atoms with van der Waals surface area (Å²) >= 11 is 0. The standard InChI is InChI=1S/C24H25N3O6S/c1-16(23(29)25-20-10-6-5-9-19(20)17-7-3-2-4-8-17)33-24(30)21-11-12-22(28)27(26-21)18-13-14-34(31,32)15-18/h2-10,16,18H,11-15H2,1H3,(H,25,29)/t16-,18+/m0/s1. The Balaban J connectivity index is 1.42. The number of carbonyl (C=O) groups is 3. The van der Waals surface area contributed by atoms with Crippen LogP contribution in [0.15, 0.2) is 59.7 Å². The van der Waals surface area contributed by atoms with E-state index in [4.69, 9.17) is 4.74 Å². The zero-order valence-electron chi connectivity index (χ0n) is 18.6. The largest absolute Gasteiger partial charge is 0.448 e. The third-order valence-corrected chi connectivity index (χ3v) is 7.52. The number of ether oxygens (including phenoxy) is 1. The molecule has 10 heteroatoms. The Hall–Kier alpha value is -3.53. The third-order valence-electron chi connectivity index (χ3n) is 5.77. The number of sulfone groups is 1. The van der Waals surface area contributed by atoms with E-state index >= 15 is 0 Å². The van der Waals surface area contributed by atoms with Crippen molar-refractivity contribution in [2.45, 2.75) is 38.3 Å². The minimum Gasteiger partial charge on any atom is -0.448 e. The van der Waals surface area contributed by atoms with Gasteiger partial charge in [-0.1, -0.05) is 48.5 Å². The van der Waals surface area contributed by atoms with Gasteiger partial charge in [-0.3, -0.25) is 9.59 Å². The minimum atomic E-state index is -3.22. The molecule has 0 aliphatic carbocycles. The molecule has 9 nitrogen and oxygen atoms in total. The smallest absolute Gasteiger partial charge is 0.355 e. The Morgan fingerprint density at radius 2 is 1.79 bits per heavy atom. The van der Waals surface area contributed by atoms with Crippen LogP contribution in [0.5, 0.6) is 0 Å². The second kappa shape index (κ2) is 9.76. The topological polar surface area (TPSA) is 122 Å². The number of nitrogens with zero attached hydrogens (tertiary/aromatic N) is 2. The van der Waals surface area contributed by atoms with Crippen LogP contribution >= 0.6 is 0 Å². The molecule has 34 heavy (non-hydrogen) atoms. The quantitative estimate of drug-likeness (QED) is 0.630. The van der Waals surface area contributed by atoms with Crippen LogP contribution in [-0.2, 0) is 29.0 Å². The van der Waals surface area contributed by atoms with E-state index in [9.17, 15) is 22.8 Å². The molecule has 1 N–H and O–H groups in total. The third kappa shape index (κ3) is 5.33. The summed E-state index contributed by atoms with van der Waals surface area (Å²) < 4.78 is 28.9. The van der Waals surface area contributed by atoms with E-state index in [-0.39, 0.29) is 42.4 Å². The minimum absolute atomic E-state index is 0.00627. The van der Waals surface area contributed by atoms with Crippen molar-refractivity contribution in [2.75, 3.05) is 16.8 Å². The number of amides is 2. The molecule has 0 saturated carbocycles. The fourth-order valence-corrected chi connectivity index (χ4v) is 5.64. The fourth-order valence-electron chi connectivity index (χ4n) is 3.95. The molecule has 2 aromatic rings. The first-order valence-corrected chi connectivity index (χ1v) is 12.8. The van der Waals surface area contributed by atoms with Gasteiger partial charge in [0.25, 0.3) is 5.91 Å². The average molecular weight is 484 g/mol. The molecular formula is C24H25N3O6S. The van der Waals surface area contributed by atoms with E-state index in [1.54, 1.807) is 12.1 Å². The molecule has 178 valence electrons. The first kappa shape index (κ1) is 23.6. The molecule has 2 aliphatic heterocycles. The van der Waals surface area contributed by atoms with Crippen molar-refractivity contribution in [3.8, 4) is 11.1 Å². The Bertz CT molecular complexity index is 1240. The fraction of sp³-hybridized carbons (Fsp3) is 0.333. The van der Waals surface area contributed by atoms with Gasteiger partial charge in [0, 0.05) is 24.1 Å². The van der Waals surface area contributed by atoms with Crippen molar-refractivity contribution in [3.63, 3.8) is 0 Å². The molecule has 2 atom stereocenters. The summed E-state index contributed by atoms with van der Waals surface area (Å²) in [5, 5.41) is 7.98. The number of hydrazone groups is 1. The van der Waals surface area contributed by atoms with E-state index < -0.39 is 33.9 Å². The van der Waals surface area contributed by atoms with Crippen LogP contribution in [0.25, 0.3) is 11.1 Å². The molecule has 0 spiro atoms. The molecule has 0 radical (unpaired) electrons. The molecule has 0 unspecified atom stereocenters. The highest BCUT2D eigenvalue weighted by atomic mass is 32.2. The van der Waals surface area contributed by atoms with E-state index in [2.05, 4.69) is 10.4 Å². The number of anilines is 1. The Morgan fingerprint density at radius 3 is 2.50 bits per heavy atom. The van der Waals surface area contributed by atoms with Crippen LogP contribution in [-0.4, -0.2) is 60.6 Å². The predicted octanol–water partition coefficient (Wildman–Crippen LogP) is 2.39. The van der Waals surface area contributed by atoms with E-state index in [0.717, 1.165) is 16.1 Å². The molecule has 0 aromatic heterocycles. The lowest BCUT2D eigenvalue weighted by molar-refractivity contribution is -0.147. The van der Waals surface area contributed by atoms with Crippen molar-refractivity contribution >= 4 is 39.0 Å². The molecule has 1 fully saturated rings. The number of esters is 1. The van der Waals surface area contributed by atoms with E-state index in [1.807, 2.05) is 42.5 Å². The number of para-hydroxylation sites is 1. The van der Waals surface area contributed by atoms with Crippen LogP contribution in [0, 0.1) is 0 Å². The van der Waals surface area contributed by atoms with Crippen LogP contribution < -0.4 is 5.32 Å². The first-order valence-electron chi connectivity index (χ1n) is 11.0. The SMILES string of the molecule is C[C@H](OC(=O)C1=NN([C@@H]2CCS(=O)(=O)C2)C(=O)CC1)C(=O)Nc1ccccc1-c1ccccc1. The maximum absolute atomic E-state index is 12.8. The zero-order valence-corrected chi connectivity index (χ0v) is 19.5. The second-order valence-electron chi connectivity index (χ2n) is 8.29. The van der Waals surface area contributed by atoms with E-state index in [0.29, 0.717) is 5.69 Å². The average Bonchev–Trinajstić information content (AvgIpc) is 3.19. The van der Waals surface area contributed by atoms with Crippen molar-refractivity contribution in [2.24, 2.45) is 5.10 Å². The predicted molar refractivity (Wildman–Crippen MR) is 127 cm³/mol. The van der Waals surface area contributed by atoms with Crippen molar-refractivity contribution in [1.82, 2.24) is 5.01 Å². The highest BCUT2D eigenvalue weighted by molar-refractivity contribution is 7.91. The van der Waals surface area contributed by atoms with Gasteiger partial charge in [0.2, 0.25) is 5.91 Å². The van der Waals surface area contributed by atoms with Gasteiger partial charge in [0.15, 0.2) is 15.9 Å². The lowest BCUT2D eigenvalue weighted by atomic mass is 10.0. The molecule has 2 aliphatic rings. The van der Waals surface area contributed by atoms with Crippen LogP contribution in [0.2, 0.25) is 0 Å². The van der Waals surface area contributed by atoms with Gasteiger partial charge in [-0.2, -0.15) is 5.10 Å². The van der Waals surface area contributed by atoms with Gasteiger partial charge in [0.05, 0.1) is 17.5 Å². The molecule has 2 heterocycles. The van der Waals surface area contributed by atoms with Crippen LogP contribution in [0.3, 0.4) is 0 Å². The Kier molecular flexibility index (Phi) is 6.78. The van der Waals surface area contributed by atoms with Gasteiger partial charge in [-0.05, 0) is 25.0 Å². The molecule has 1 saturated heterocycles. The van der Waals surface area contributed by atoms with Gasteiger partial charge in [-0.25, -0.2) is 18.2 Å². The summed E-state index contributed by atoms with van der Waals surface area (Å²) in [5.41, 5.74) is 2.33. The molecular weight excluding hydrogens is 458 g/mol. The van der Waals surface area contributed by atoms with Crippen molar-refractivity contribution < 1.29 is 27.5 Å². The maximum atomic E-state index is 12.8. The summed E-state index contributed by atoms with van der Waals surface area (Å²) in [6.07, 6.45) is -0.745. The summed E-state index contributed by atoms with van der Waals surface area (Å²) in [6, 6.07) is 16.3. The monoisotopic (exact) mass is 483 g/mol. The lowest BCUT2D eigenvalue weighted by Crippen LogP contribution is -2.42. The molecule has 2 amide bonds. The van der Waals surface area contributed by atoms with Gasteiger partial charge >= 0.3 is 5.97 Å². The second-order valence-corrected chi connectivity index (χ2v) is 10.5. The van der Waals surface area contributed by atoms with Gasteiger partial charge < -0.3 is 10.1 Å². The van der Waals surface area contributed by atoms with Crippen LogP contribution in [0.4, 0.5) is 5.69 Å². The van der Waals surface area contributed by atoms with Crippen LogP contribution in [0.1, 0.15) is 26.2 Å². The number of benzene rings is 2.